The number of fused-ring (bicyclic) bond motifs is 6. The van der Waals surface area contributed by atoms with E-state index >= 15 is 0 Å². The van der Waals surface area contributed by atoms with Crippen LogP contribution in [-0.2, 0) is 5.41 Å². The highest BCUT2D eigenvalue weighted by Crippen LogP contribution is 2.60. The summed E-state index contributed by atoms with van der Waals surface area (Å²) in [5.74, 6) is 0.189. The summed E-state index contributed by atoms with van der Waals surface area (Å²) in [4.78, 5) is 0. The molecule has 3 aliphatic carbocycles. The van der Waals surface area contributed by atoms with Crippen molar-refractivity contribution in [1.29, 1.82) is 0 Å². The number of hydrogen-bond donors (Lipinski definition) is 0. The summed E-state index contributed by atoms with van der Waals surface area (Å²) in [7, 11) is 0. The molecule has 0 nitrogen and oxygen atoms in total. The molecule has 0 saturated carbocycles. The quantitative estimate of drug-likeness (QED) is 0.160. The lowest BCUT2D eigenvalue weighted by Gasteiger charge is -2.49. The monoisotopic (exact) mass is 568 g/mol. The third-order valence-electron chi connectivity index (χ3n) is 11.2. The highest BCUT2D eigenvalue weighted by molar-refractivity contribution is 6.03. The second-order valence-corrected chi connectivity index (χ2v) is 13.5. The molecule has 9 aromatic carbocycles. The number of rotatable bonds is 0. The van der Waals surface area contributed by atoms with Crippen LogP contribution in [-0.4, -0.2) is 0 Å². The molecule has 0 aromatic heterocycles. The Labute approximate surface area is 261 Å². The van der Waals surface area contributed by atoms with Crippen LogP contribution in [0, 0.1) is 0 Å². The summed E-state index contributed by atoms with van der Waals surface area (Å²) in [6, 6.07) is 55.7. The summed E-state index contributed by atoms with van der Waals surface area (Å²) in [6.45, 7) is 2.49. The van der Waals surface area contributed by atoms with E-state index in [1.165, 1.54) is 98.0 Å². The van der Waals surface area contributed by atoms with Crippen molar-refractivity contribution in [3.63, 3.8) is 0 Å². The van der Waals surface area contributed by atoms with E-state index in [1.807, 2.05) is 0 Å². The van der Waals surface area contributed by atoms with Gasteiger partial charge in [0.1, 0.15) is 0 Å². The Morgan fingerprint density at radius 3 is 0.822 bits per heavy atom. The first kappa shape index (κ1) is 23.9. The molecule has 12 rings (SSSR count). The van der Waals surface area contributed by atoms with E-state index in [4.69, 9.17) is 0 Å². The van der Waals surface area contributed by atoms with Crippen molar-refractivity contribution in [2.75, 3.05) is 0 Å². The van der Waals surface area contributed by atoms with Crippen LogP contribution in [0.3, 0.4) is 0 Å². The average Bonchev–Trinajstić information content (AvgIpc) is 3.07. The van der Waals surface area contributed by atoms with Gasteiger partial charge in [-0.25, -0.2) is 0 Å². The van der Waals surface area contributed by atoms with Crippen molar-refractivity contribution in [1.82, 2.24) is 0 Å². The summed E-state index contributed by atoms with van der Waals surface area (Å²) in [5.41, 5.74) is 8.47. The predicted octanol–water partition coefficient (Wildman–Crippen LogP) is 11.8. The van der Waals surface area contributed by atoms with Crippen LogP contribution in [0.5, 0.6) is 0 Å². The van der Waals surface area contributed by atoms with Gasteiger partial charge in [0.25, 0.3) is 0 Å². The van der Waals surface area contributed by atoms with Gasteiger partial charge in [-0.2, -0.15) is 0 Å². The molecule has 0 unspecified atom stereocenters. The van der Waals surface area contributed by atoms with Crippen LogP contribution in [0.2, 0.25) is 0 Å². The van der Waals surface area contributed by atoms with Crippen molar-refractivity contribution in [2.45, 2.75) is 18.3 Å². The maximum atomic E-state index is 2.52. The van der Waals surface area contributed by atoms with Crippen LogP contribution >= 0.6 is 0 Å². The van der Waals surface area contributed by atoms with E-state index in [1.54, 1.807) is 0 Å². The minimum Gasteiger partial charge on any atom is -0.0616 e. The lowest BCUT2D eigenvalue weighted by molar-refractivity contribution is 0.597. The summed E-state index contributed by atoms with van der Waals surface area (Å²) in [5, 5.41) is 15.7. The first-order chi connectivity index (χ1) is 22.1. The fourth-order valence-corrected chi connectivity index (χ4v) is 8.98. The molecule has 3 aliphatic rings. The third-order valence-corrected chi connectivity index (χ3v) is 11.2. The zero-order valence-corrected chi connectivity index (χ0v) is 24.9. The molecule has 0 heteroatoms. The highest BCUT2D eigenvalue weighted by atomic mass is 14.5. The smallest absolute Gasteiger partial charge is 0.0433 e. The maximum absolute atomic E-state index is 2.52. The average molecular weight is 569 g/mol. The van der Waals surface area contributed by atoms with Crippen molar-refractivity contribution < 1.29 is 0 Å². The van der Waals surface area contributed by atoms with E-state index in [-0.39, 0.29) is 11.3 Å². The van der Waals surface area contributed by atoms with Crippen LogP contribution in [0.4, 0.5) is 0 Å². The van der Waals surface area contributed by atoms with Gasteiger partial charge in [0, 0.05) is 11.3 Å². The van der Waals surface area contributed by atoms with Gasteiger partial charge in [0.15, 0.2) is 0 Å². The van der Waals surface area contributed by atoms with Crippen LogP contribution < -0.4 is 0 Å². The van der Waals surface area contributed by atoms with Crippen molar-refractivity contribution >= 4 is 64.6 Å². The molecule has 45 heavy (non-hydrogen) atoms. The largest absolute Gasteiger partial charge is 0.0616 e. The van der Waals surface area contributed by atoms with E-state index in [0.29, 0.717) is 0 Å². The Morgan fingerprint density at radius 1 is 0.311 bits per heavy atom. The molecule has 0 N–H and O–H groups in total. The van der Waals surface area contributed by atoms with Gasteiger partial charge in [-0.15, -0.1) is 0 Å². The van der Waals surface area contributed by atoms with Gasteiger partial charge in [0.2, 0.25) is 0 Å². The Hall–Kier alpha value is -5.46. The Morgan fingerprint density at radius 2 is 0.556 bits per heavy atom. The van der Waals surface area contributed by atoms with Crippen LogP contribution in [0.15, 0.2) is 146 Å². The molecule has 9 aromatic rings. The molecule has 0 atom stereocenters. The summed E-state index contributed by atoms with van der Waals surface area (Å²) < 4.78 is 0. The standard InChI is InChI=1S/C45H28/c1-45-41-23-35-17-29-11-5-2-8-26(29)14-32(35)20-38(41)44(39-21-33-15-27-9-3-6-12-30(27)18-36(33)24-42(39)45)40-22-34-16-28-10-4-7-13-31(28)19-37(34)25-43(40)45/h2-25,44H,1H3. The lowest BCUT2D eigenvalue weighted by atomic mass is 9.53. The first-order valence-electron chi connectivity index (χ1n) is 16.0. The molecule has 2 bridgehead atoms. The van der Waals surface area contributed by atoms with Gasteiger partial charge >= 0.3 is 0 Å². The molecule has 0 fully saturated rings. The SMILES string of the molecule is CC12c3cc4cc5ccccc5cc4cc3C(c3cc4cc5ccccc5cc4cc31)c1cc3cc4ccccc4cc3cc12. The van der Waals surface area contributed by atoms with Gasteiger partial charge < -0.3 is 0 Å². The molecule has 0 saturated heterocycles. The first-order valence-corrected chi connectivity index (χ1v) is 16.0. The fourth-order valence-electron chi connectivity index (χ4n) is 8.98. The van der Waals surface area contributed by atoms with E-state index in [0.717, 1.165) is 0 Å². The molecule has 0 amide bonds. The molecule has 0 radical (unpaired) electrons. The fraction of sp³-hybridized carbons (Fsp3) is 0.0667. The topological polar surface area (TPSA) is 0 Å². The summed E-state index contributed by atoms with van der Waals surface area (Å²) >= 11 is 0. The van der Waals surface area contributed by atoms with Gasteiger partial charge in [-0.05, 0) is 178 Å². The maximum Gasteiger partial charge on any atom is 0.0433 e. The Bertz CT molecular complexity index is 2470. The van der Waals surface area contributed by atoms with Crippen LogP contribution in [0.1, 0.15) is 46.2 Å². The second-order valence-electron chi connectivity index (χ2n) is 13.5. The minimum absolute atomic E-state index is 0.189. The van der Waals surface area contributed by atoms with E-state index < -0.39 is 0 Å². The molecule has 0 heterocycles. The molecular weight excluding hydrogens is 540 g/mol. The Balaban J connectivity index is 1.27. The normalized spacial score (nSPS) is 18.2. The predicted molar refractivity (Wildman–Crippen MR) is 191 cm³/mol. The summed E-state index contributed by atoms with van der Waals surface area (Å²) in [6.07, 6.45) is 0. The van der Waals surface area contributed by atoms with Gasteiger partial charge in [-0.3, -0.25) is 0 Å². The molecule has 208 valence electrons. The van der Waals surface area contributed by atoms with Crippen molar-refractivity contribution in [3.05, 3.63) is 179 Å². The van der Waals surface area contributed by atoms with Crippen molar-refractivity contribution in [3.8, 4) is 0 Å². The lowest BCUT2D eigenvalue weighted by Crippen LogP contribution is -2.40. The minimum atomic E-state index is -0.270. The second kappa shape index (κ2) is 8.17. The van der Waals surface area contributed by atoms with E-state index in [9.17, 15) is 0 Å². The number of benzene rings is 9. The third kappa shape index (κ3) is 3.07. The van der Waals surface area contributed by atoms with Gasteiger partial charge in [0.05, 0.1) is 0 Å². The molecular formula is C45H28. The molecule has 0 aliphatic heterocycles. The molecule has 0 spiro atoms. The zero-order valence-electron chi connectivity index (χ0n) is 24.9. The van der Waals surface area contributed by atoms with Crippen LogP contribution in [0.25, 0.3) is 64.6 Å². The van der Waals surface area contributed by atoms with Gasteiger partial charge in [-0.1, -0.05) is 72.8 Å². The van der Waals surface area contributed by atoms with Crippen molar-refractivity contribution in [2.24, 2.45) is 0 Å². The van der Waals surface area contributed by atoms with E-state index in [2.05, 4.69) is 153 Å². The highest BCUT2D eigenvalue weighted by Gasteiger charge is 2.49. The zero-order chi connectivity index (χ0) is 29.4. The number of hydrogen-bond acceptors (Lipinski definition) is 0. The Kier molecular flexibility index (Phi) is 4.34.